The molecule has 0 unspecified atom stereocenters. The van der Waals surface area contributed by atoms with Gasteiger partial charge in [0.15, 0.2) is 5.82 Å². The third-order valence-electron chi connectivity index (χ3n) is 3.91. The predicted octanol–water partition coefficient (Wildman–Crippen LogP) is 1.20. The second-order valence-corrected chi connectivity index (χ2v) is 5.38. The van der Waals surface area contributed by atoms with Gasteiger partial charge >= 0.3 is 0 Å². The lowest BCUT2D eigenvalue weighted by Gasteiger charge is -2.35. The van der Waals surface area contributed by atoms with Crippen molar-refractivity contribution in [3.63, 3.8) is 0 Å². The van der Waals surface area contributed by atoms with Gasteiger partial charge in [-0.3, -0.25) is 9.58 Å². The number of nitrogen functional groups attached to an aromatic ring is 1. The van der Waals surface area contributed by atoms with Crippen LogP contribution < -0.4 is 10.6 Å². The fourth-order valence-corrected chi connectivity index (χ4v) is 2.71. The van der Waals surface area contributed by atoms with Crippen molar-refractivity contribution in [1.29, 1.82) is 0 Å². The molecule has 6 heteroatoms. The van der Waals surface area contributed by atoms with Crippen molar-refractivity contribution >= 4 is 11.5 Å². The van der Waals surface area contributed by atoms with Gasteiger partial charge in [0.05, 0.1) is 11.9 Å². The van der Waals surface area contributed by atoms with Gasteiger partial charge in [-0.15, -0.1) is 0 Å². The first-order valence-corrected chi connectivity index (χ1v) is 7.45. The summed E-state index contributed by atoms with van der Waals surface area (Å²) >= 11 is 0. The van der Waals surface area contributed by atoms with Gasteiger partial charge in [-0.2, -0.15) is 5.10 Å². The predicted molar refractivity (Wildman–Crippen MR) is 84.0 cm³/mol. The lowest BCUT2D eigenvalue weighted by atomic mass is 10.2. The Bertz CT molecular complexity index is 585. The number of anilines is 2. The number of nitrogens with two attached hydrogens (primary N) is 1. The average Bonchev–Trinajstić information content (AvgIpc) is 2.96. The molecule has 3 heterocycles. The Morgan fingerprint density at radius 1 is 1.24 bits per heavy atom. The van der Waals surface area contributed by atoms with E-state index in [1.165, 1.54) is 5.56 Å². The Morgan fingerprint density at radius 3 is 2.71 bits per heavy atom. The van der Waals surface area contributed by atoms with Gasteiger partial charge in [0, 0.05) is 57.2 Å². The van der Waals surface area contributed by atoms with Gasteiger partial charge in [0.2, 0.25) is 0 Å². The van der Waals surface area contributed by atoms with Crippen molar-refractivity contribution in [3.8, 4) is 0 Å². The summed E-state index contributed by atoms with van der Waals surface area (Å²) in [4.78, 5) is 9.11. The number of pyridine rings is 1. The minimum Gasteiger partial charge on any atom is -0.396 e. The molecule has 2 aromatic rings. The van der Waals surface area contributed by atoms with E-state index in [9.17, 15) is 0 Å². The van der Waals surface area contributed by atoms with Crippen molar-refractivity contribution in [3.05, 3.63) is 36.3 Å². The minimum absolute atomic E-state index is 0.759. The van der Waals surface area contributed by atoms with Gasteiger partial charge in [0.25, 0.3) is 0 Å². The maximum Gasteiger partial charge on any atom is 0.151 e. The molecule has 0 spiro atoms. The standard InChI is InChI=1S/C15H22N6/c1-2-21-12-13(10-18-21)11-19-6-8-20(9-7-19)15-14(16)4-3-5-17-15/h3-5,10,12H,2,6-9,11,16H2,1H3. The van der Waals surface area contributed by atoms with E-state index in [0.717, 1.165) is 50.8 Å². The summed E-state index contributed by atoms with van der Waals surface area (Å²) in [5.74, 6) is 0.913. The molecule has 0 aromatic carbocycles. The third kappa shape index (κ3) is 3.16. The van der Waals surface area contributed by atoms with Crippen molar-refractivity contribution in [2.45, 2.75) is 20.0 Å². The summed E-state index contributed by atoms with van der Waals surface area (Å²) in [6, 6.07) is 3.79. The van der Waals surface area contributed by atoms with Gasteiger partial charge in [-0.1, -0.05) is 0 Å². The summed E-state index contributed by atoms with van der Waals surface area (Å²) in [6.45, 7) is 7.96. The average molecular weight is 286 g/mol. The molecule has 1 fully saturated rings. The molecule has 0 bridgehead atoms. The minimum atomic E-state index is 0.759. The second-order valence-electron chi connectivity index (χ2n) is 5.38. The maximum absolute atomic E-state index is 6.00. The molecule has 1 saturated heterocycles. The SMILES string of the molecule is CCn1cc(CN2CCN(c3ncccc3N)CC2)cn1. The number of rotatable bonds is 4. The van der Waals surface area contributed by atoms with E-state index < -0.39 is 0 Å². The van der Waals surface area contributed by atoms with Crippen LogP contribution in [0.3, 0.4) is 0 Å². The molecular weight excluding hydrogens is 264 g/mol. The van der Waals surface area contributed by atoms with Crippen LogP contribution in [0.15, 0.2) is 30.7 Å². The molecule has 0 saturated carbocycles. The molecular formula is C15H22N6. The summed E-state index contributed by atoms with van der Waals surface area (Å²) < 4.78 is 1.97. The van der Waals surface area contributed by atoms with Crippen LogP contribution in [0, 0.1) is 0 Å². The van der Waals surface area contributed by atoms with Gasteiger partial charge in [-0.25, -0.2) is 4.98 Å². The monoisotopic (exact) mass is 286 g/mol. The van der Waals surface area contributed by atoms with Crippen LogP contribution in [0.1, 0.15) is 12.5 Å². The number of nitrogens with zero attached hydrogens (tertiary/aromatic N) is 5. The van der Waals surface area contributed by atoms with Crippen LogP contribution >= 0.6 is 0 Å². The number of aryl methyl sites for hydroxylation is 1. The zero-order chi connectivity index (χ0) is 14.7. The van der Waals surface area contributed by atoms with E-state index in [1.807, 2.05) is 23.0 Å². The molecule has 2 aromatic heterocycles. The van der Waals surface area contributed by atoms with E-state index in [2.05, 4.69) is 33.0 Å². The number of piperazine rings is 1. The lowest BCUT2D eigenvalue weighted by Crippen LogP contribution is -2.46. The third-order valence-corrected chi connectivity index (χ3v) is 3.91. The first kappa shape index (κ1) is 13.9. The number of hydrogen-bond acceptors (Lipinski definition) is 5. The van der Waals surface area contributed by atoms with Crippen molar-refractivity contribution in [2.75, 3.05) is 36.8 Å². The zero-order valence-corrected chi connectivity index (χ0v) is 12.4. The first-order valence-electron chi connectivity index (χ1n) is 7.45. The van der Waals surface area contributed by atoms with Crippen LogP contribution in [0.4, 0.5) is 11.5 Å². The smallest absolute Gasteiger partial charge is 0.151 e. The van der Waals surface area contributed by atoms with Crippen LogP contribution in [-0.4, -0.2) is 45.8 Å². The lowest BCUT2D eigenvalue weighted by molar-refractivity contribution is 0.249. The highest BCUT2D eigenvalue weighted by Gasteiger charge is 2.19. The molecule has 3 rings (SSSR count). The Morgan fingerprint density at radius 2 is 2.05 bits per heavy atom. The highest BCUT2D eigenvalue weighted by atomic mass is 15.3. The van der Waals surface area contributed by atoms with Gasteiger partial charge < -0.3 is 10.6 Å². The largest absolute Gasteiger partial charge is 0.396 e. The Labute approximate surface area is 125 Å². The van der Waals surface area contributed by atoms with E-state index in [-0.39, 0.29) is 0 Å². The molecule has 1 aliphatic heterocycles. The van der Waals surface area contributed by atoms with E-state index in [4.69, 9.17) is 5.73 Å². The molecule has 21 heavy (non-hydrogen) atoms. The van der Waals surface area contributed by atoms with Crippen molar-refractivity contribution in [2.24, 2.45) is 0 Å². The van der Waals surface area contributed by atoms with E-state index in [1.54, 1.807) is 6.20 Å². The Kier molecular flexibility index (Phi) is 4.06. The molecule has 2 N–H and O–H groups in total. The van der Waals surface area contributed by atoms with Crippen LogP contribution in [0.2, 0.25) is 0 Å². The Hall–Kier alpha value is -2.08. The summed E-state index contributed by atoms with van der Waals surface area (Å²) in [5, 5.41) is 4.33. The second kappa shape index (κ2) is 6.13. The summed E-state index contributed by atoms with van der Waals surface area (Å²) in [7, 11) is 0. The highest BCUT2D eigenvalue weighted by molar-refractivity contribution is 5.62. The zero-order valence-electron chi connectivity index (χ0n) is 12.4. The normalized spacial score (nSPS) is 16.3. The molecule has 0 aliphatic carbocycles. The first-order chi connectivity index (χ1) is 10.3. The van der Waals surface area contributed by atoms with E-state index >= 15 is 0 Å². The molecule has 0 atom stereocenters. The molecule has 112 valence electrons. The molecule has 0 amide bonds. The van der Waals surface area contributed by atoms with Crippen molar-refractivity contribution < 1.29 is 0 Å². The fourth-order valence-electron chi connectivity index (χ4n) is 2.71. The summed E-state index contributed by atoms with van der Waals surface area (Å²) in [6.07, 6.45) is 5.90. The fraction of sp³-hybridized carbons (Fsp3) is 0.467. The molecule has 0 radical (unpaired) electrons. The van der Waals surface area contributed by atoms with Crippen LogP contribution in [0.25, 0.3) is 0 Å². The molecule has 6 nitrogen and oxygen atoms in total. The van der Waals surface area contributed by atoms with E-state index in [0.29, 0.717) is 0 Å². The van der Waals surface area contributed by atoms with Gasteiger partial charge in [-0.05, 0) is 19.1 Å². The Balaban J connectivity index is 1.56. The topological polar surface area (TPSA) is 63.2 Å². The summed E-state index contributed by atoms with van der Waals surface area (Å²) in [5.41, 5.74) is 8.04. The molecule has 1 aliphatic rings. The quantitative estimate of drug-likeness (QED) is 0.915. The van der Waals surface area contributed by atoms with Gasteiger partial charge in [0.1, 0.15) is 0 Å². The highest BCUT2D eigenvalue weighted by Crippen LogP contribution is 2.20. The van der Waals surface area contributed by atoms with Crippen LogP contribution in [-0.2, 0) is 13.1 Å². The van der Waals surface area contributed by atoms with Crippen molar-refractivity contribution in [1.82, 2.24) is 19.7 Å². The maximum atomic E-state index is 6.00. The number of aromatic nitrogens is 3. The van der Waals surface area contributed by atoms with Crippen LogP contribution in [0.5, 0.6) is 0 Å². The number of hydrogen-bond donors (Lipinski definition) is 1.